The number of piperazine rings is 1. The highest BCUT2D eigenvalue weighted by molar-refractivity contribution is 7.91. The summed E-state index contributed by atoms with van der Waals surface area (Å²) in [4.78, 5) is 3.32. The normalized spacial score (nSPS) is 16.7. The summed E-state index contributed by atoms with van der Waals surface area (Å²) >= 11 is 1.35. The first-order valence-corrected chi connectivity index (χ1v) is 10.2. The fraction of sp³-hybridized carbons (Fsp3) is 0.412. The van der Waals surface area contributed by atoms with Gasteiger partial charge in [0.2, 0.25) is 0 Å². The number of anilines is 1. The van der Waals surface area contributed by atoms with Gasteiger partial charge in [0, 0.05) is 36.7 Å². The number of para-hydroxylation sites is 1. The summed E-state index contributed by atoms with van der Waals surface area (Å²) in [5, 5.41) is 0. The Bertz CT molecular complexity index is 775. The van der Waals surface area contributed by atoms with E-state index >= 15 is 0 Å². The molecule has 1 fully saturated rings. The first-order chi connectivity index (χ1) is 11.0. The summed E-state index contributed by atoms with van der Waals surface area (Å²) in [7, 11) is -3.34. The Morgan fingerprint density at radius 3 is 2.35 bits per heavy atom. The summed E-state index contributed by atoms with van der Waals surface area (Å²) in [5.41, 5.74) is 2.55. The Morgan fingerprint density at radius 1 is 1.04 bits per heavy atom. The van der Waals surface area contributed by atoms with Gasteiger partial charge in [0.05, 0.1) is 0 Å². The van der Waals surface area contributed by atoms with Crippen molar-refractivity contribution in [2.45, 2.75) is 24.5 Å². The molecule has 1 aromatic carbocycles. The molecule has 23 heavy (non-hydrogen) atoms. The molecule has 0 amide bonds. The molecule has 124 valence electrons. The van der Waals surface area contributed by atoms with Crippen LogP contribution in [0.15, 0.2) is 40.6 Å². The number of thiophene rings is 1. The molecule has 0 atom stereocenters. The van der Waals surface area contributed by atoms with E-state index in [0.29, 0.717) is 17.3 Å². The lowest BCUT2D eigenvalue weighted by molar-refractivity contribution is 0.385. The highest BCUT2D eigenvalue weighted by Gasteiger charge is 2.29. The van der Waals surface area contributed by atoms with Crippen molar-refractivity contribution in [1.29, 1.82) is 0 Å². The molecule has 1 aliphatic heterocycles. The molecule has 0 bridgehead atoms. The number of hydrogen-bond donors (Lipinski definition) is 0. The maximum absolute atomic E-state index is 12.7. The van der Waals surface area contributed by atoms with Crippen LogP contribution in [0.4, 0.5) is 5.69 Å². The molecular weight excluding hydrogens is 328 g/mol. The zero-order valence-electron chi connectivity index (χ0n) is 13.5. The minimum atomic E-state index is -3.34. The Morgan fingerprint density at radius 2 is 1.74 bits per heavy atom. The molecule has 1 saturated heterocycles. The second-order valence-electron chi connectivity index (χ2n) is 5.74. The fourth-order valence-corrected chi connectivity index (χ4v) is 5.83. The molecule has 0 N–H and O–H groups in total. The fourth-order valence-electron chi connectivity index (χ4n) is 2.97. The molecular formula is C17H22N2O2S2. The van der Waals surface area contributed by atoms with Crippen LogP contribution in [0.5, 0.6) is 0 Å². The van der Waals surface area contributed by atoms with Crippen molar-refractivity contribution in [2.24, 2.45) is 0 Å². The van der Waals surface area contributed by atoms with E-state index in [0.717, 1.165) is 24.4 Å². The maximum atomic E-state index is 12.7. The van der Waals surface area contributed by atoms with Crippen LogP contribution in [0.2, 0.25) is 0 Å². The summed E-state index contributed by atoms with van der Waals surface area (Å²) in [5.74, 6) is 0. The lowest BCUT2D eigenvalue weighted by Crippen LogP contribution is -2.48. The maximum Gasteiger partial charge on any atom is 0.252 e. The Labute approximate surface area is 142 Å². The molecule has 6 heteroatoms. The minimum Gasteiger partial charge on any atom is -0.369 e. The molecule has 4 nitrogen and oxygen atoms in total. The van der Waals surface area contributed by atoms with E-state index in [4.69, 9.17) is 0 Å². The molecule has 3 rings (SSSR count). The number of nitrogens with zero attached hydrogens (tertiary/aromatic N) is 2. The van der Waals surface area contributed by atoms with Gasteiger partial charge in [-0.25, -0.2) is 8.42 Å². The number of benzene rings is 1. The summed E-state index contributed by atoms with van der Waals surface area (Å²) in [6.45, 7) is 6.64. The molecule has 0 saturated carbocycles. The van der Waals surface area contributed by atoms with Gasteiger partial charge in [-0.15, -0.1) is 11.3 Å². The van der Waals surface area contributed by atoms with Crippen molar-refractivity contribution in [2.75, 3.05) is 31.1 Å². The monoisotopic (exact) mass is 350 g/mol. The predicted octanol–water partition coefficient (Wildman–Crippen LogP) is 3.13. The summed E-state index contributed by atoms with van der Waals surface area (Å²) in [6, 6.07) is 12.0. The Kier molecular flexibility index (Phi) is 4.75. The SMILES string of the molecule is CCc1ccccc1N1CCN(S(=O)(=O)c2ccc(C)s2)CC1. The second kappa shape index (κ2) is 6.63. The van der Waals surface area contributed by atoms with Gasteiger partial charge in [0.15, 0.2) is 0 Å². The average molecular weight is 351 g/mol. The number of rotatable bonds is 4. The van der Waals surface area contributed by atoms with Gasteiger partial charge >= 0.3 is 0 Å². The quantitative estimate of drug-likeness (QED) is 0.851. The van der Waals surface area contributed by atoms with Gasteiger partial charge in [-0.05, 0) is 37.1 Å². The molecule has 2 heterocycles. The zero-order valence-corrected chi connectivity index (χ0v) is 15.2. The average Bonchev–Trinajstić information content (AvgIpc) is 3.02. The van der Waals surface area contributed by atoms with E-state index < -0.39 is 10.0 Å². The molecule has 1 aromatic heterocycles. The van der Waals surface area contributed by atoms with Gasteiger partial charge in [-0.2, -0.15) is 4.31 Å². The van der Waals surface area contributed by atoms with Crippen molar-refractivity contribution in [3.63, 3.8) is 0 Å². The molecule has 0 spiro atoms. The predicted molar refractivity (Wildman–Crippen MR) is 95.8 cm³/mol. The van der Waals surface area contributed by atoms with Crippen LogP contribution in [0.1, 0.15) is 17.4 Å². The summed E-state index contributed by atoms with van der Waals surface area (Å²) < 4.78 is 27.4. The molecule has 0 radical (unpaired) electrons. The van der Waals surface area contributed by atoms with Gasteiger partial charge in [-0.1, -0.05) is 25.1 Å². The van der Waals surface area contributed by atoms with Crippen LogP contribution in [0.25, 0.3) is 0 Å². The molecule has 2 aromatic rings. The van der Waals surface area contributed by atoms with Crippen LogP contribution < -0.4 is 4.90 Å². The molecule has 0 unspecified atom stereocenters. The zero-order chi connectivity index (χ0) is 16.4. The van der Waals surface area contributed by atoms with E-state index in [1.807, 2.05) is 19.1 Å². The summed E-state index contributed by atoms with van der Waals surface area (Å²) in [6.07, 6.45) is 0.989. The third-order valence-corrected chi connectivity index (χ3v) is 7.63. The van der Waals surface area contributed by atoms with Crippen LogP contribution in [0.3, 0.4) is 0 Å². The van der Waals surface area contributed by atoms with E-state index in [9.17, 15) is 8.42 Å². The van der Waals surface area contributed by atoms with Crippen LogP contribution in [-0.4, -0.2) is 38.9 Å². The largest absolute Gasteiger partial charge is 0.369 e. The minimum absolute atomic E-state index is 0.456. The van der Waals surface area contributed by atoms with Gasteiger partial charge < -0.3 is 4.90 Å². The van der Waals surface area contributed by atoms with Crippen molar-refractivity contribution in [3.8, 4) is 0 Å². The lowest BCUT2D eigenvalue weighted by atomic mass is 10.1. The van der Waals surface area contributed by atoms with Crippen LogP contribution in [0, 0.1) is 6.92 Å². The van der Waals surface area contributed by atoms with Gasteiger partial charge in [0.1, 0.15) is 4.21 Å². The third kappa shape index (κ3) is 3.29. The highest BCUT2D eigenvalue weighted by atomic mass is 32.2. The second-order valence-corrected chi connectivity index (χ2v) is 9.19. The van der Waals surface area contributed by atoms with E-state index in [1.165, 1.54) is 22.6 Å². The molecule has 1 aliphatic rings. The number of hydrogen-bond acceptors (Lipinski definition) is 4. The third-order valence-electron chi connectivity index (χ3n) is 4.26. The topological polar surface area (TPSA) is 40.6 Å². The van der Waals surface area contributed by atoms with E-state index in [2.05, 4.69) is 30.0 Å². The van der Waals surface area contributed by atoms with Crippen LogP contribution >= 0.6 is 11.3 Å². The highest BCUT2D eigenvalue weighted by Crippen LogP contribution is 2.27. The Balaban J connectivity index is 1.73. The van der Waals surface area contributed by atoms with E-state index in [-0.39, 0.29) is 0 Å². The van der Waals surface area contributed by atoms with Crippen molar-refractivity contribution < 1.29 is 8.42 Å². The van der Waals surface area contributed by atoms with Crippen molar-refractivity contribution in [1.82, 2.24) is 4.31 Å². The number of sulfonamides is 1. The first-order valence-electron chi connectivity index (χ1n) is 7.92. The number of aryl methyl sites for hydroxylation is 2. The first kappa shape index (κ1) is 16.5. The molecule has 0 aliphatic carbocycles. The van der Waals surface area contributed by atoms with Crippen molar-refractivity contribution >= 4 is 27.0 Å². The standard InChI is InChI=1S/C17H22N2O2S2/c1-3-15-6-4-5-7-16(15)18-10-12-19(13-11-18)23(20,21)17-9-8-14(2)22-17/h4-9H,3,10-13H2,1-2H3. The van der Waals surface area contributed by atoms with Crippen molar-refractivity contribution in [3.05, 3.63) is 46.8 Å². The van der Waals surface area contributed by atoms with Gasteiger partial charge in [0.25, 0.3) is 10.0 Å². The van der Waals surface area contributed by atoms with Crippen LogP contribution in [-0.2, 0) is 16.4 Å². The lowest BCUT2D eigenvalue weighted by Gasteiger charge is -2.36. The smallest absolute Gasteiger partial charge is 0.252 e. The van der Waals surface area contributed by atoms with E-state index in [1.54, 1.807) is 10.4 Å². The van der Waals surface area contributed by atoms with Gasteiger partial charge in [-0.3, -0.25) is 0 Å². The Hall–Kier alpha value is -1.37.